The van der Waals surface area contributed by atoms with Crippen LogP contribution in [0.15, 0.2) is 42.6 Å². The molecule has 0 spiro atoms. The minimum Gasteiger partial charge on any atom is -0.256 e. The second kappa shape index (κ2) is 6.07. The van der Waals surface area contributed by atoms with Crippen LogP contribution >= 0.6 is 0 Å². The first-order chi connectivity index (χ1) is 9.50. The largest absolute Gasteiger partial charge is 0.416 e. The van der Waals surface area contributed by atoms with Crippen LogP contribution in [0.3, 0.4) is 0 Å². The number of alkyl halides is 3. The van der Waals surface area contributed by atoms with E-state index in [-0.39, 0.29) is 0 Å². The van der Waals surface area contributed by atoms with Crippen LogP contribution in [-0.4, -0.2) is 4.98 Å². The van der Waals surface area contributed by atoms with E-state index in [0.717, 1.165) is 18.9 Å². The van der Waals surface area contributed by atoms with Crippen molar-refractivity contribution in [3.05, 3.63) is 53.7 Å². The topological polar surface area (TPSA) is 12.9 Å². The number of unbranched alkanes of at least 4 members (excludes halogenated alkanes) is 1. The molecule has 0 atom stereocenters. The molecule has 0 saturated carbocycles. The van der Waals surface area contributed by atoms with E-state index in [1.165, 1.54) is 6.07 Å². The fraction of sp³-hybridized carbons (Fsp3) is 0.312. The average Bonchev–Trinajstić information content (AvgIpc) is 2.45. The second-order valence-corrected chi connectivity index (χ2v) is 4.73. The smallest absolute Gasteiger partial charge is 0.256 e. The predicted molar refractivity (Wildman–Crippen MR) is 73.3 cm³/mol. The molecule has 0 fully saturated rings. The maximum atomic E-state index is 13.0. The van der Waals surface area contributed by atoms with Gasteiger partial charge in [-0.1, -0.05) is 19.4 Å². The summed E-state index contributed by atoms with van der Waals surface area (Å²) in [5, 5.41) is 0. The Morgan fingerprint density at radius 3 is 2.50 bits per heavy atom. The standard InChI is InChI=1S/C16H16F3N/c1-2-3-6-12-9-13(15-7-4-5-8-20-15)11-14(10-12)16(17,18)19/h4-5,7-11H,2-3,6H2,1H3. The molecular weight excluding hydrogens is 263 g/mol. The third-order valence-corrected chi connectivity index (χ3v) is 3.10. The third-order valence-electron chi connectivity index (χ3n) is 3.10. The molecule has 1 heterocycles. The lowest BCUT2D eigenvalue weighted by atomic mass is 9.99. The predicted octanol–water partition coefficient (Wildman–Crippen LogP) is 5.11. The van der Waals surface area contributed by atoms with E-state index >= 15 is 0 Å². The molecular formula is C16H16F3N. The maximum Gasteiger partial charge on any atom is 0.416 e. The highest BCUT2D eigenvalue weighted by atomic mass is 19.4. The Morgan fingerprint density at radius 2 is 1.90 bits per heavy atom. The molecule has 2 rings (SSSR count). The van der Waals surface area contributed by atoms with Crippen LogP contribution in [0.1, 0.15) is 30.9 Å². The van der Waals surface area contributed by atoms with Crippen LogP contribution in [0.5, 0.6) is 0 Å². The van der Waals surface area contributed by atoms with Crippen molar-refractivity contribution in [3.8, 4) is 11.3 Å². The van der Waals surface area contributed by atoms with Crippen LogP contribution in [0.25, 0.3) is 11.3 Å². The third kappa shape index (κ3) is 3.59. The van der Waals surface area contributed by atoms with Gasteiger partial charge in [0.2, 0.25) is 0 Å². The Hall–Kier alpha value is -1.84. The van der Waals surface area contributed by atoms with Crippen molar-refractivity contribution in [2.24, 2.45) is 0 Å². The van der Waals surface area contributed by atoms with E-state index in [0.29, 0.717) is 23.2 Å². The van der Waals surface area contributed by atoms with Gasteiger partial charge in [-0.25, -0.2) is 0 Å². The number of benzene rings is 1. The molecule has 2 aromatic rings. The molecule has 1 aromatic heterocycles. The molecule has 0 radical (unpaired) electrons. The highest BCUT2D eigenvalue weighted by Crippen LogP contribution is 2.33. The van der Waals surface area contributed by atoms with Crippen molar-refractivity contribution in [2.75, 3.05) is 0 Å². The molecule has 0 aliphatic heterocycles. The van der Waals surface area contributed by atoms with E-state index in [9.17, 15) is 13.2 Å². The monoisotopic (exact) mass is 279 g/mol. The second-order valence-electron chi connectivity index (χ2n) is 4.73. The molecule has 0 amide bonds. The van der Waals surface area contributed by atoms with Gasteiger partial charge in [0.05, 0.1) is 11.3 Å². The first kappa shape index (κ1) is 14.6. The number of aryl methyl sites for hydroxylation is 1. The van der Waals surface area contributed by atoms with Crippen LogP contribution in [-0.2, 0) is 12.6 Å². The van der Waals surface area contributed by atoms with Gasteiger partial charge in [0.15, 0.2) is 0 Å². The zero-order chi connectivity index (χ0) is 14.6. The molecule has 0 saturated heterocycles. The number of pyridine rings is 1. The highest BCUT2D eigenvalue weighted by Gasteiger charge is 2.31. The van der Waals surface area contributed by atoms with Crippen molar-refractivity contribution in [3.63, 3.8) is 0 Å². The first-order valence-corrected chi connectivity index (χ1v) is 6.63. The first-order valence-electron chi connectivity index (χ1n) is 6.63. The van der Waals surface area contributed by atoms with Gasteiger partial charge in [0.25, 0.3) is 0 Å². The normalized spacial score (nSPS) is 11.6. The number of aromatic nitrogens is 1. The Bertz CT molecular complexity index is 562. The summed E-state index contributed by atoms with van der Waals surface area (Å²) in [6.45, 7) is 2.02. The van der Waals surface area contributed by atoms with Gasteiger partial charge < -0.3 is 0 Å². The van der Waals surface area contributed by atoms with Crippen LogP contribution < -0.4 is 0 Å². The Morgan fingerprint density at radius 1 is 1.10 bits per heavy atom. The molecule has 0 N–H and O–H groups in total. The molecule has 1 aromatic carbocycles. The minimum absolute atomic E-state index is 0.520. The average molecular weight is 279 g/mol. The number of hydrogen-bond acceptors (Lipinski definition) is 1. The van der Waals surface area contributed by atoms with Gasteiger partial charge in [0, 0.05) is 11.8 Å². The van der Waals surface area contributed by atoms with Crippen LogP contribution in [0.2, 0.25) is 0 Å². The SMILES string of the molecule is CCCCc1cc(-c2ccccn2)cc(C(F)(F)F)c1. The van der Waals surface area contributed by atoms with E-state index in [1.54, 1.807) is 30.5 Å². The molecule has 20 heavy (non-hydrogen) atoms. The lowest BCUT2D eigenvalue weighted by Crippen LogP contribution is -2.06. The number of rotatable bonds is 4. The summed E-state index contributed by atoms with van der Waals surface area (Å²) in [7, 11) is 0. The molecule has 0 aliphatic rings. The zero-order valence-corrected chi connectivity index (χ0v) is 11.2. The highest BCUT2D eigenvalue weighted by molar-refractivity contribution is 5.61. The Balaban J connectivity index is 2.46. The fourth-order valence-electron chi connectivity index (χ4n) is 2.06. The van der Waals surface area contributed by atoms with Gasteiger partial charge in [0.1, 0.15) is 0 Å². The maximum absolute atomic E-state index is 13.0. The molecule has 0 unspecified atom stereocenters. The van der Waals surface area contributed by atoms with Crippen LogP contribution in [0.4, 0.5) is 13.2 Å². The van der Waals surface area contributed by atoms with E-state index in [4.69, 9.17) is 0 Å². The van der Waals surface area contributed by atoms with E-state index in [2.05, 4.69) is 4.98 Å². The van der Waals surface area contributed by atoms with Gasteiger partial charge >= 0.3 is 6.18 Å². The summed E-state index contributed by atoms with van der Waals surface area (Å²) in [6, 6.07) is 9.44. The van der Waals surface area contributed by atoms with Crippen molar-refractivity contribution >= 4 is 0 Å². The van der Waals surface area contributed by atoms with E-state index in [1.807, 2.05) is 6.92 Å². The lowest BCUT2D eigenvalue weighted by Gasteiger charge is -2.12. The number of nitrogens with zero attached hydrogens (tertiary/aromatic N) is 1. The quantitative estimate of drug-likeness (QED) is 0.757. The van der Waals surface area contributed by atoms with Crippen LogP contribution in [0, 0.1) is 0 Å². The molecule has 106 valence electrons. The zero-order valence-electron chi connectivity index (χ0n) is 11.2. The van der Waals surface area contributed by atoms with Crippen molar-refractivity contribution in [1.82, 2.24) is 4.98 Å². The summed E-state index contributed by atoms with van der Waals surface area (Å²) in [4.78, 5) is 4.13. The van der Waals surface area contributed by atoms with E-state index < -0.39 is 11.7 Å². The Labute approximate surface area is 116 Å². The molecule has 4 heteroatoms. The summed E-state index contributed by atoms with van der Waals surface area (Å²) < 4.78 is 38.9. The summed E-state index contributed by atoms with van der Waals surface area (Å²) >= 11 is 0. The fourth-order valence-corrected chi connectivity index (χ4v) is 2.06. The summed E-state index contributed by atoms with van der Waals surface area (Å²) in [6.07, 6.45) is -0.258. The van der Waals surface area contributed by atoms with Gasteiger partial charge in [-0.05, 0) is 48.7 Å². The van der Waals surface area contributed by atoms with Gasteiger partial charge in [-0.2, -0.15) is 13.2 Å². The summed E-state index contributed by atoms with van der Waals surface area (Å²) in [5.41, 5.74) is 1.19. The molecule has 0 bridgehead atoms. The van der Waals surface area contributed by atoms with Gasteiger partial charge in [-0.3, -0.25) is 4.98 Å². The summed E-state index contributed by atoms with van der Waals surface area (Å²) in [5.74, 6) is 0. The van der Waals surface area contributed by atoms with Crippen molar-refractivity contribution in [2.45, 2.75) is 32.4 Å². The lowest BCUT2D eigenvalue weighted by molar-refractivity contribution is -0.137. The van der Waals surface area contributed by atoms with Crippen molar-refractivity contribution < 1.29 is 13.2 Å². The van der Waals surface area contributed by atoms with Crippen molar-refractivity contribution in [1.29, 1.82) is 0 Å². The number of halogens is 3. The molecule has 1 nitrogen and oxygen atoms in total. The Kier molecular flexibility index (Phi) is 4.42. The number of hydrogen-bond donors (Lipinski definition) is 0. The van der Waals surface area contributed by atoms with Gasteiger partial charge in [-0.15, -0.1) is 0 Å². The molecule has 0 aliphatic carbocycles. The minimum atomic E-state index is -4.33.